The number of nitrogens with two attached hydrogens (primary N) is 1. The summed E-state index contributed by atoms with van der Waals surface area (Å²) in [6.45, 7) is 0.180. The Morgan fingerprint density at radius 1 is 1.18 bits per heavy atom. The quantitative estimate of drug-likeness (QED) is 0.658. The minimum absolute atomic E-state index is 0.0716. The van der Waals surface area contributed by atoms with E-state index in [9.17, 15) is 23.1 Å². The van der Waals surface area contributed by atoms with E-state index in [0.717, 1.165) is 49.5 Å². The average molecular weight is 476 g/mol. The van der Waals surface area contributed by atoms with E-state index in [1.165, 1.54) is 12.2 Å². The van der Waals surface area contributed by atoms with Gasteiger partial charge in [0.15, 0.2) is 0 Å². The maximum Gasteiger partial charge on any atom is 0.431 e. The number of fused-ring (bicyclic) bond motifs is 1. The number of benzene rings is 1. The molecule has 34 heavy (non-hydrogen) atoms. The van der Waals surface area contributed by atoms with Crippen LogP contribution in [0.1, 0.15) is 44.6 Å². The molecule has 7 nitrogen and oxygen atoms in total. The lowest BCUT2D eigenvalue weighted by Crippen LogP contribution is -2.47. The average Bonchev–Trinajstić information content (AvgIpc) is 3.53. The normalized spacial score (nSPS) is 25.5. The zero-order valence-electron chi connectivity index (χ0n) is 18.5. The van der Waals surface area contributed by atoms with Crippen molar-refractivity contribution in [3.8, 4) is 5.75 Å². The molecule has 5 rings (SSSR count). The van der Waals surface area contributed by atoms with E-state index in [0.29, 0.717) is 16.8 Å². The maximum absolute atomic E-state index is 14.0. The van der Waals surface area contributed by atoms with Crippen LogP contribution in [0.3, 0.4) is 0 Å². The molecule has 1 amide bonds. The van der Waals surface area contributed by atoms with Crippen LogP contribution in [0.25, 0.3) is 10.9 Å². The molecular weight excluding hydrogens is 449 g/mol. The van der Waals surface area contributed by atoms with Gasteiger partial charge in [0.2, 0.25) is 5.91 Å². The van der Waals surface area contributed by atoms with Crippen molar-refractivity contribution in [3.05, 3.63) is 42.3 Å². The number of hydrogen-bond donors (Lipinski definition) is 2. The molecule has 2 saturated carbocycles. The van der Waals surface area contributed by atoms with Gasteiger partial charge in [-0.25, -0.2) is 0 Å². The largest absolute Gasteiger partial charge is 0.488 e. The zero-order valence-corrected chi connectivity index (χ0v) is 18.5. The molecule has 10 heteroatoms. The van der Waals surface area contributed by atoms with Crippen LogP contribution in [-0.2, 0) is 4.79 Å². The van der Waals surface area contributed by atoms with Crippen LogP contribution in [0.15, 0.2) is 42.3 Å². The number of halogens is 3. The van der Waals surface area contributed by atoms with Crippen molar-refractivity contribution >= 4 is 22.5 Å². The highest BCUT2D eigenvalue weighted by atomic mass is 19.4. The Bertz CT molecular complexity index is 1140. The maximum atomic E-state index is 14.0. The van der Waals surface area contributed by atoms with Crippen molar-refractivity contribution in [3.63, 3.8) is 0 Å². The van der Waals surface area contributed by atoms with Crippen LogP contribution < -0.4 is 15.4 Å². The Morgan fingerprint density at radius 2 is 1.91 bits per heavy atom. The Hall–Kier alpha value is -3.01. The van der Waals surface area contributed by atoms with Crippen molar-refractivity contribution in [2.75, 3.05) is 11.5 Å². The van der Waals surface area contributed by atoms with E-state index in [-0.39, 0.29) is 30.2 Å². The number of hydrogen-bond acceptors (Lipinski definition) is 5. The van der Waals surface area contributed by atoms with Gasteiger partial charge < -0.3 is 20.5 Å². The highest BCUT2D eigenvalue weighted by molar-refractivity contribution is 5.92. The fourth-order valence-corrected chi connectivity index (χ4v) is 4.79. The van der Waals surface area contributed by atoms with Crippen LogP contribution in [0.2, 0.25) is 0 Å². The number of amides is 1. The number of aromatic nitrogens is 2. The van der Waals surface area contributed by atoms with Crippen molar-refractivity contribution in [1.82, 2.24) is 9.78 Å². The van der Waals surface area contributed by atoms with E-state index in [1.54, 1.807) is 12.1 Å². The molecule has 1 aromatic carbocycles. The fraction of sp³-hybridized carbons (Fsp3) is 0.500. The Morgan fingerprint density at radius 3 is 2.53 bits per heavy atom. The lowest BCUT2D eigenvalue weighted by molar-refractivity contribution is -0.119. The van der Waals surface area contributed by atoms with Gasteiger partial charge in [0, 0.05) is 24.3 Å². The summed E-state index contributed by atoms with van der Waals surface area (Å²) in [5, 5.41) is 14.8. The Balaban J connectivity index is 1.58. The molecular formula is C24H27F3N4O3. The number of nitrogens with zero attached hydrogens (tertiary/aromatic N) is 3. The topological polar surface area (TPSA) is 93.6 Å². The molecule has 2 aromatic rings. The first-order valence-electron chi connectivity index (χ1n) is 11.6. The smallest absolute Gasteiger partial charge is 0.431 e. The summed E-state index contributed by atoms with van der Waals surface area (Å²) < 4.78 is 49.8. The van der Waals surface area contributed by atoms with Gasteiger partial charge in [-0.1, -0.05) is 12.2 Å². The number of rotatable bonds is 6. The molecule has 0 radical (unpaired) electrons. The first-order chi connectivity index (χ1) is 16.2. The second kappa shape index (κ2) is 8.65. The second-order valence-corrected chi connectivity index (χ2v) is 9.31. The number of carbonyl (C=O) groups is 1. The van der Waals surface area contributed by atoms with Gasteiger partial charge in [0.25, 0.3) is 0 Å². The molecule has 1 aromatic heterocycles. The first-order valence-corrected chi connectivity index (χ1v) is 11.6. The lowest BCUT2D eigenvalue weighted by atomic mass is 9.87. The van der Waals surface area contributed by atoms with E-state index >= 15 is 0 Å². The van der Waals surface area contributed by atoms with Crippen LogP contribution in [0.5, 0.6) is 5.75 Å². The van der Waals surface area contributed by atoms with Gasteiger partial charge in [-0.05, 0) is 56.6 Å². The molecule has 0 bridgehead atoms. The predicted molar refractivity (Wildman–Crippen MR) is 120 cm³/mol. The van der Waals surface area contributed by atoms with Gasteiger partial charge in [0.1, 0.15) is 17.5 Å². The van der Waals surface area contributed by atoms with Crippen LogP contribution in [0.4, 0.5) is 18.9 Å². The van der Waals surface area contributed by atoms with Crippen LogP contribution in [0, 0.1) is 5.92 Å². The van der Waals surface area contributed by atoms with Crippen molar-refractivity contribution in [1.29, 1.82) is 0 Å². The van der Waals surface area contributed by atoms with Gasteiger partial charge in [0.05, 0.1) is 23.3 Å². The second-order valence-electron chi connectivity index (χ2n) is 9.31. The molecule has 0 spiro atoms. The van der Waals surface area contributed by atoms with Gasteiger partial charge in [-0.2, -0.15) is 18.3 Å². The van der Waals surface area contributed by atoms with Gasteiger partial charge in [-0.15, -0.1) is 0 Å². The highest BCUT2D eigenvalue weighted by Crippen LogP contribution is 2.44. The minimum atomic E-state index is -4.69. The third kappa shape index (κ3) is 4.38. The third-order valence-corrected chi connectivity index (χ3v) is 6.80. The molecule has 3 aliphatic rings. The molecule has 1 unspecified atom stereocenters. The van der Waals surface area contributed by atoms with E-state index < -0.39 is 23.8 Å². The summed E-state index contributed by atoms with van der Waals surface area (Å²) in [5.74, 6) is -0.335. The molecule has 2 heterocycles. The van der Waals surface area contributed by atoms with E-state index in [4.69, 9.17) is 15.6 Å². The lowest BCUT2D eigenvalue weighted by Gasteiger charge is -2.35. The number of allylic oxidation sites excluding steroid dienone is 3. The first kappa shape index (κ1) is 22.8. The molecule has 2 aliphatic carbocycles. The summed E-state index contributed by atoms with van der Waals surface area (Å²) in [6.07, 6.45) is 5.75. The van der Waals surface area contributed by atoms with Gasteiger partial charge >= 0.3 is 6.18 Å². The molecule has 3 N–H and O–H groups in total. The SMILES string of the molecule is NC(=O)C1C=CC=C(C(F)(F)F)N1c1cc2cn(C3CCC(CO)CC3)nc2cc1OC1CC1. The van der Waals surface area contributed by atoms with Crippen LogP contribution >= 0.6 is 0 Å². The number of anilines is 1. The molecule has 1 aliphatic heterocycles. The Kier molecular flexibility index (Phi) is 5.79. The summed E-state index contributed by atoms with van der Waals surface area (Å²) in [4.78, 5) is 13.1. The molecule has 1 atom stereocenters. The number of carbonyl (C=O) groups excluding carboxylic acids is 1. The van der Waals surface area contributed by atoms with Crippen molar-refractivity contribution < 1.29 is 27.8 Å². The van der Waals surface area contributed by atoms with Crippen LogP contribution in [-0.4, -0.2) is 45.7 Å². The summed E-state index contributed by atoms with van der Waals surface area (Å²) >= 11 is 0. The standard InChI is InChI=1S/C24H27F3N4O3/c25-24(26,27)22-3-1-2-19(23(28)33)31(22)20-10-15-12-30(16-6-4-14(13-32)5-7-16)29-18(15)11-21(20)34-17-8-9-17/h1-3,10-12,14,16-17,19,32H,4-9,13H2,(H2,28,33). The number of aliphatic hydroxyl groups is 1. The predicted octanol–water partition coefficient (Wildman–Crippen LogP) is 3.98. The van der Waals surface area contributed by atoms with E-state index in [2.05, 4.69) is 0 Å². The number of primary amides is 1. The third-order valence-electron chi connectivity index (χ3n) is 6.80. The minimum Gasteiger partial charge on any atom is -0.488 e. The molecule has 0 saturated heterocycles. The summed E-state index contributed by atoms with van der Waals surface area (Å²) in [7, 11) is 0. The summed E-state index contributed by atoms with van der Waals surface area (Å²) in [6, 6.07) is 2.12. The van der Waals surface area contributed by atoms with Gasteiger partial charge in [-0.3, -0.25) is 9.48 Å². The fourth-order valence-electron chi connectivity index (χ4n) is 4.79. The number of aliphatic hydroxyl groups excluding tert-OH is 1. The molecule has 182 valence electrons. The summed E-state index contributed by atoms with van der Waals surface area (Å²) in [5.41, 5.74) is 5.28. The highest BCUT2D eigenvalue weighted by Gasteiger charge is 2.44. The number of alkyl halides is 3. The zero-order chi connectivity index (χ0) is 24.0. The van der Waals surface area contributed by atoms with Crippen molar-refractivity contribution in [2.45, 2.75) is 62.9 Å². The van der Waals surface area contributed by atoms with E-state index in [1.807, 2.05) is 10.9 Å². The van der Waals surface area contributed by atoms with Crippen molar-refractivity contribution in [2.24, 2.45) is 11.7 Å². The monoisotopic (exact) mass is 476 g/mol. The Labute approximate surface area is 194 Å². The number of ether oxygens (including phenoxy) is 1. The molecule has 2 fully saturated rings.